The predicted octanol–water partition coefficient (Wildman–Crippen LogP) is 2.18. The molecule has 4 heteroatoms. The average molecular weight is 253 g/mol. The van der Waals surface area contributed by atoms with Gasteiger partial charge in [0.05, 0.1) is 11.8 Å². The van der Waals surface area contributed by atoms with Crippen molar-refractivity contribution in [2.75, 3.05) is 0 Å². The maximum atomic E-state index is 12.2. The molecule has 4 nitrogen and oxygen atoms in total. The summed E-state index contributed by atoms with van der Waals surface area (Å²) in [5.41, 5.74) is 0. The first-order valence-electron chi connectivity index (χ1n) is 7.12. The zero-order chi connectivity index (χ0) is 13.1. The van der Waals surface area contributed by atoms with Gasteiger partial charge in [-0.3, -0.25) is 9.59 Å². The molecule has 0 bridgehead atoms. The van der Waals surface area contributed by atoms with Gasteiger partial charge in [0.25, 0.3) is 0 Å². The van der Waals surface area contributed by atoms with Gasteiger partial charge in [0, 0.05) is 6.04 Å². The van der Waals surface area contributed by atoms with E-state index in [2.05, 4.69) is 12.2 Å². The summed E-state index contributed by atoms with van der Waals surface area (Å²) in [7, 11) is 0. The van der Waals surface area contributed by atoms with Crippen LogP contribution >= 0.6 is 0 Å². The van der Waals surface area contributed by atoms with Crippen LogP contribution in [0.15, 0.2) is 0 Å². The van der Waals surface area contributed by atoms with Gasteiger partial charge in [-0.15, -0.1) is 0 Å². The second-order valence-corrected chi connectivity index (χ2v) is 5.86. The molecule has 0 aromatic rings. The molecule has 4 unspecified atom stereocenters. The second kappa shape index (κ2) is 5.72. The Balaban J connectivity index is 1.92. The summed E-state index contributed by atoms with van der Waals surface area (Å²) >= 11 is 0. The van der Waals surface area contributed by atoms with E-state index in [0.29, 0.717) is 12.3 Å². The third-order valence-corrected chi connectivity index (χ3v) is 4.61. The van der Waals surface area contributed by atoms with Gasteiger partial charge in [0.1, 0.15) is 0 Å². The first kappa shape index (κ1) is 13.4. The number of hydrogen-bond acceptors (Lipinski definition) is 2. The number of aliphatic carboxylic acids is 1. The zero-order valence-corrected chi connectivity index (χ0v) is 11.0. The molecule has 0 aromatic carbocycles. The van der Waals surface area contributed by atoms with Crippen molar-refractivity contribution in [1.29, 1.82) is 0 Å². The fourth-order valence-corrected chi connectivity index (χ4v) is 3.39. The summed E-state index contributed by atoms with van der Waals surface area (Å²) in [6.07, 6.45) is 6.85. The summed E-state index contributed by atoms with van der Waals surface area (Å²) in [6.45, 7) is 2.17. The number of carbonyl (C=O) groups excluding carboxylic acids is 1. The van der Waals surface area contributed by atoms with E-state index in [1.54, 1.807) is 0 Å². The van der Waals surface area contributed by atoms with Crippen LogP contribution in [0.25, 0.3) is 0 Å². The van der Waals surface area contributed by atoms with Gasteiger partial charge < -0.3 is 10.4 Å². The molecule has 0 spiro atoms. The predicted molar refractivity (Wildman–Crippen MR) is 68.0 cm³/mol. The lowest BCUT2D eigenvalue weighted by atomic mass is 9.85. The molecule has 102 valence electrons. The van der Waals surface area contributed by atoms with E-state index in [1.807, 2.05) is 0 Å². The lowest BCUT2D eigenvalue weighted by Crippen LogP contribution is -2.45. The quantitative estimate of drug-likeness (QED) is 0.810. The monoisotopic (exact) mass is 253 g/mol. The van der Waals surface area contributed by atoms with E-state index in [-0.39, 0.29) is 17.9 Å². The minimum atomic E-state index is -0.815. The Morgan fingerprint density at radius 1 is 1.00 bits per heavy atom. The Kier molecular flexibility index (Phi) is 4.25. The van der Waals surface area contributed by atoms with Crippen LogP contribution in [0, 0.1) is 17.8 Å². The van der Waals surface area contributed by atoms with E-state index in [1.165, 1.54) is 12.8 Å². The smallest absolute Gasteiger partial charge is 0.307 e. The van der Waals surface area contributed by atoms with Gasteiger partial charge in [0.15, 0.2) is 0 Å². The highest BCUT2D eigenvalue weighted by Crippen LogP contribution is 2.33. The SMILES string of the molecule is CC1CCCCC1NC(=O)C1CCCC1C(=O)O. The molecule has 0 aliphatic heterocycles. The van der Waals surface area contributed by atoms with Crippen LogP contribution in [0.3, 0.4) is 0 Å². The third-order valence-electron chi connectivity index (χ3n) is 4.61. The topological polar surface area (TPSA) is 66.4 Å². The van der Waals surface area contributed by atoms with Crippen molar-refractivity contribution >= 4 is 11.9 Å². The Morgan fingerprint density at radius 2 is 1.67 bits per heavy atom. The highest BCUT2D eigenvalue weighted by molar-refractivity contribution is 5.85. The largest absolute Gasteiger partial charge is 0.481 e. The van der Waals surface area contributed by atoms with Crippen molar-refractivity contribution in [2.45, 2.75) is 57.9 Å². The molecule has 4 atom stereocenters. The van der Waals surface area contributed by atoms with Gasteiger partial charge >= 0.3 is 5.97 Å². The third kappa shape index (κ3) is 2.85. The number of hydrogen-bond donors (Lipinski definition) is 2. The van der Waals surface area contributed by atoms with Gasteiger partial charge in [-0.1, -0.05) is 26.2 Å². The second-order valence-electron chi connectivity index (χ2n) is 5.86. The van der Waals surface area contributed by atoms with Gasteiger partial charge in [0.2, 0.25) is 5.91 Å². The molecular formula is C14H23NO3. The minimum Gasteiger partial charge on any atom is -0.481 e. The molecule has 2 fully saturated rings. The normalized spacial score (nSPS) is 36.3. The number of rotatable bonds is 3. The molecule has 2 N–H and O–H groups in total. The molecule has 1 amide bonds. The standard InChI is InChI=1S/C14H23NO3/c1-9-5-2-3-8-12(9)15-13(16)10-6-4-7-11(10)14(17)18/h9-12H,2-8H2,1H3,(H,15,16)(H,17,18). The van der Waals surface area contributed by atoms with Crippen LogP contribution in [0.4, 0.5) is 0 Å². The minimum absolute atomic E-state index is 0.0290. The molecular weight excluding hydrogens is 230 g/mol. The zero-order valence-electron chi connectivity index (χ0n) is 11.0. The van der Waals surface area contributed by atoms with Crippen molar-refractivity contribution in [3.63, 3.8) is 0 Å². The van der Waals surface area contributed by atoms with Crippen molar-refractivity contribution in [2.24, 2.45) is 17.8 Å². The van der Waals surface area contributed by atoms with Crippen LogP contribution in [0.2, 0.25) is 0 Å². The lowest BCUT2D eigenvalue weighted by Gasteiger charge is -2.31. The van der Waals surface area contributed by atoms with Crippen LogP contribution in [0.1, 0.15) is 51.9 Å². The lowest BCUT2D eigenvalue weighted by molar-refractivity contribution is -0.146. The highest BCUT2D eigenvalue weighted by Gasteiger charge is 2.38. The van der Waals surface area contributed by atoms with Crippen molar-refractivity contribution in [1.82, 2.24) is 5.32 Å². The average Bonchev–Trinajstić information content (AvgIpc) is 2.81. The number of carboxylic acid groups (broad SMARTS) is 1. The van der Waals surface area contributed by atoms with E-state index in [9.17, 15) is 9.59 Å². The fourth-order valence-electron chi connectivity index (χ4n) is 3.39. The highest BCUT2D eigenvalue weighted by atomic mass is 16.4. The maximum Gasteiger partial charge on any atom is 0.307 e. The Labute approximate surface area is 108 Å². The Bertz CT molecular complexity index is 329. The fraction of sp³-hybridized carbons (Fsp3) is 0.857. The molecule has 0 radical (unpaired) electrons. The summed E-state index contributed by atoms with van der Waals surface area (Å²) in [6, 6.07) is 0.251. The van der Waals surface area contributed by atoms with Crippen LogP contribution in [-0.4, -0.2) is 23.0 Å². The number of carbonyl (C=O) groups is 2. The van der Waals surface area contributed by atoms with E-state index < -0.39 is 11.9 Å². The number of amides is 1. The van der Waals surface area contributed by atoms with E-state index >= 15 is 0 Å². The molecule has 0 aromatic heterocycles. The van der Waals surface area contributed by atoms with Crippen LogP contribution in [-0.2, 0) is 9.59 Å². The number of nitrogens with one attached hydrogen (secondary N) is 1. The number of carboxylic acids is 1. The van der Waals surface area contributed by atoms with Gasteiger partial charge in [-0.05, 0) is 31.6 Å². The summed E-state index contributed by atoms with van der Waals surface area (Å²) in [5, 5.41) is 12.2. The van der Waals surface area contributed by atoms with Gasteiger partial charge in [-0.25, -0.2) is 0 Å². The summed E-state index contributed by atoms with van der Waals surface area (Å²) in [5.74, 6) is -1.10. The first-order chi connectivity index (χ1) is 8.59. The van der Waals surface area contributed by atoms with Crippen LogP contribution in [0.5, 0.6) is 0 Å². The molecule has 2 saturated carbocycles. The molecule has 2 aliphatic carbocycles. The molecule has 0 heterocycles. The molecule has 18 heavy (non-hydrogen) atoms. The van der Waals surface area contributed by atoms with E-state index in [0.717, 1.165) is 25.7 Å². The van der Waals surface area contributed by atoms with Crippen molar-refractivity contribution in [3.05, 3.63) is 0 Å². The first-order valence-corrected chi connectivity index (χ1v) is 7.12. The maximum absolute atomic E-state index is 12.2. The van der Waals surface area contributed by atoms with Crippen molar-refractivity contribution < 1.29 is 14.7 Å². The molecule has 0 saturated heterocycles. The Hall–Kier alpha value is -1.06. The van der Waals surface area contributed by atoms with E-state index in [4.69, 9.17) is 5.11 Å². The Morgan fingerprint density at radius 3 is 2.33 bits per heavy atom. The molecule has 2 rings (SSSR count). The van der Waals surface area contributed by atoms with Gasteiger partial charge in [-0.2, -0.15) is 0 Å². The summed E-state index contributed by atoms with van der Waals surface area (Å²) in [4.78, 5) is 23.3. The van der Waals surface area contributed by atoms with Crippen LogP contribution < -0.4 is 5.32 Å². The summed E-state index contributed by atoms with van der Waals surface area (Å²) < 4.78 is 0. The molecule has 2 aliphatic rings. The van der Waals surface area contributed by atoms with Crippen molar-refractivity contribution in [3.8, 4) is 0 Å².